The first-order valence-electron chi connectivity index (χ1n) is 6.35. The van der Waals surface area contributed by atoms with Crippen LogP contribution < -0.4 is 4.74 Å². The fourth-order valence-electron chi connectivity index (χ4n) is 2.52. The number of ketones is 1. The number of aliphatic hydroxyl groups is 1. The van der Waals surface area contributed by atoms with Gasteiger partial charge >= 0.3 is 0 Å². The van der Waals surface area contributed by atoms with E-state index in [0.29, 0.717) is 16.9 Å². The number of benzene rings is 2. The summed E-state index contributed by atoms with van der Waals surface area (Å²) in [4.78, 5) is 12.3. The summed E-state index contributed by atoms with van der Waals surface area (Å²) in [5, 5.41) is 11.0. The maximum Gasteiger partial charge on any atom is 0.196 e. The highest BCUT2D eigenvalue weighted by molar-refractivity contribution is 6.06. The molecule has 0 fully saturated rings. The molecule has 1 unspecified atom stereocenters. The van der Waals surface area contributed by atoms with Crippen LogP contribution in [0.15, 0.2) is 54.6 Å². The molecule has 1 aliphatic carbocycles. The molecule has 2 aromatic carbocycles. The van der Waals surface area contributed by atoms with Gasteiger partial charge in [0, 0.05) is 5.56 Å². The van der Waals surface area contributed by atoms with Crippen LogP contribution in [0, 0.1) is 0 Å². The Labute approximate surface area is 117 Å². The second kappa shape index (κ2) is 4.62. The molecule has 20 heavy (non-hydrogen) atoms. The Balaban J connectivity index is 2.18. The molecule has 0 amide bonds. The molecule has 0 radical (unpaired) electrons. The summed E-state index contributed by atoms with van der Waals surface area (Å²) >= 11 is 0. The maximum absolute atomic E-state index is 12.3. The van der Waals surface area contributed by atoms with Crippen molar-refractivity contribution in [1.82, 2.24) is 0 Å². The third-order valence-electron chi connectivity index (χ3n) is 3.63. The average molecular weight is 266 g/mol. The molecule has 0 bridgehead atoms. The Morgan fingerprint density at radius 1 is 1.00 bits per heavy atom. The number of hydrogen-bond acceptors (Lipinski definition) is 3. The molecular weight excluding hydrogens is 252 g/mol. The monoisotopic (exact) mass is 266 g/mol. The van der Waals surface area contributed by atoms with Crippen molar-refractivity contribution in [3.63, 3.8) is 0 Å². The van der Waals surface area contributed by atoms with Gasteiger partial charge in [-0.15, -0.1) is 0 Å². The van der Waals surface area contributed by atoms with Gasteiger partial charge < -0.3 is 9.84 Å². The minimum absolute atomic E-state index is 0.332. The Morgan fingerprint density at radius 3 is 2.40 bits per heavy atom. The number of hydrogen-bond donors (Lipinski definition) is 1. The van der Waals surface area contributed by atoms with Crippen molar-refractivity contribution in [2.24, 2.45) is 0 Å². The van der Waals surface area contributed by atoms with E-state index in [9.17, 15) is 9.90 Å². The summed E-state index contributed by atoms with van der Waals surface area (Å²) in [7, 11) is 1.58. The van der Waals surface area contributed by atoms with Crippen LogP contribution >= 0.6 is 0 Å². The summed E-state index contributed by atoms with van der Waals surface area (Å²) in [5.41, 5.74) is 0.376. The predicted octanol–water partition coefficient (Wildman–Crippen LogP) is 2.53. The van der Waals surface area contributed by atoms with E-state index in [-0.39, 0.29) is 5.78 Å². The number of ether oxygens (including phenoxy) is 1. The largest absolute Gasteiger partial charge is 0.497 e. The molecule has 1 atom stereocenters. The quantitative estimate of drug-likeness (QED) is 0.908. The van der Waals surface area contributed by atoms with Gasteiger partial charge in [-0.2, -0.15) is 0 Å². The van der Waals surface area contributed by atoms with E-state index in [2.05, 4.69) is 0 Å². The first kappa shape index (κ1) is 12.6. The van der Waals surface area contributed by atoms with Gasteiger partial charge in [-0.3, -0.25) is 4.79 Å². The number of carbonyl (C=O) groups excluding carboxylic acids is 1. The molecule has 3 nitrogen and oxygen atoms in total. The zero-order chi connectivity index (χ0) is 14.2. The lowest BCUT2D eigenvalue weighted by Crippen LogP contribution is -2.38. The fourth-order valence-corrected chi connectivity index (χ4v) is 2.52. The molecule has 3 rings (SSSR count). The third-order valence-corrected chi connectivity index (χ3v) is 3.63. The highest BCUT2D eigenvalue weighted by Gasteiger charge is 2.41. The van der Waals surface area contributed by atoms with E-state index in [0.717, 1.165) is 5.56 Å². The van der Waals surface area contributed by atoms with Gasteiger partial charge in [0.05, 0.1) is 7.11 Å². The van der Waals surface area contributed by atoms with Crippen LogP contribution in [0.2, 0.25) is 0 Å². The third kappa shape index (κ3) is 1.75. The molecule has 0 saturated heterocycles. The van der Waals surface area contributed by atoms with Gasteiger partial charge in [0.25, 0.3) is 0 Å². The van der Waals surface area contributed by atoms with Crippen LogP contribution in [-0.4, -0.2) is 18.0 Å². The summed E-state index contributed by atoms with van der Waals surface area (Å²) < 4.78 is 5.11. The summed E-state index contributed by atoms with van der Waals surface area (Å²) in [6, 6.07) is 14.3. The van der Waals surface area contributed by atoms with Crippen LogP contribution in [0.25, 0.3) is 6.08 Å². The minimum atomic E-state index is -1.63. The highest BCUT2D eigenvalue weighted by atomic mass is 16.5. The van der Waals surface area contributed by atoms with Crippen molar-refractivity contribution < 1.29 is 14.6 Å². The van der Waals surface area contributed by atoms with Crippen LogP contribution in [-0.2, 0) is 10.4 Å². The van der Waals surface area contributed by atoms with Crippen molar-refractivity contribution in [1.29, 1.82) is 0 Å². The SMILES string of the molecule is COc1ccc(C2(O)C(=O)C=Cc3ccccc32)cc1. The van der Waals surface area contributed by atoms with Gasteiger partial charge in [0.1, 0.15) is 5.75 Å². The molecular formula is C17H14O3. The van der Waals surface area contributed by atoms with Gasteiger partial charge in [0.2, 0.25) is 0 Å². The first-order valence-corrected chi connectivity index (χ1v) is 6.35. The van der Waals surface area contributed by atoms with Crippen molar-refractivity contribution in [3.05, 3.63) is 71.3 Å². The van der Waals surface area contributed by atoms with Gasteiger partial charge in [-0.05, 0) is 29.3 Å². The van der Waals surface area contributed by atoms with Crippen LogP contribution in [0.1, 0.15) is 16.7 Å². The van der Waals surface area contributed by atoms with E-state index < -0.39 is 5.60 Å². The molecule has 0 saturated carbocycles. The Kier molecular flexibility index (Phi) is 2.92. The van der Waals surface area contributed by atoms with Crippen molar-refractivity contribution in [2.75, 3.05) is 7.11 Å². The normalized spacial score (nSPS) is 20.6. The smallest absolute Gasteiger partial charge is 0.196 e. The zero-order valence-electron chi connectivity index (χ0n) is 11.0. The lowest BCUT2D eigenvalue weighted by Gasteiger charge is -2.30. The Morgan fingerprint density at radius 2 is 1.70 bits per heavy atom. The van der Waals surface area contributed by atoms with E-state index in [4.69, 9.17) is 4.74 Å². The molecule has 1 aliphatic rings. The fraction of sp³-hybridized carbons (Fsp3) is 0.118. The second-order valence-corrected chi connectivity index (χ2v) is 4.72. The first-order chi connectivity index (χ1) is 9.66. The second-order valence-electron chi connectivity index (χ2n) is 4.72. The van der Waals surface area contributed by atoms with Gasteiger partial charge in [0.15, 0.2) is 11.4 Å². The molecule has 0 heterocycles. The van der Waals surface area contributed by atoms with Crippen molar-refractivity contribution in [2.45, 2.75) is 5.60 Å². The van der Waals surface area contributed by atoms with Crippen molar-refractivity contribution >= 4 is 11.9 Å². The van der Waals surface area contributed by atoms with Crippen molar-refractivity contribution in [3.8, 4) is 5.75 Å². The molecule has 0 aromatic heterocycles. The Hall–Kier alpha value is -2.39. The zero-order valence-corrected chi connectivity index (χ0v) is 11.0. The number of rotatable bonds is 2. The summed E-state index contributed by atoms with van der Waals surface area (Å²) in [6.07, 6.45) is 3.15. The van der Waals surface area contributed by atoms with Crippen LogP contribution in [0.4, 0.5) is 0 Å². The average Bonchev–Trinajstić information content (AvgIpc) is 2.51. The molecule has 3 heteroatoms. The van der Waals surface area contributed by atoms with E-state index >= 15 is 0 Å². The van der Waals surface area contributed by atoms with Crippen LogP contribution in [0.3, 0.4) is 0 Å². The molecule has 0 spiro atoms. The maximum atomic E-state index is 12.3. The van der Waals surface area contributed by atoms with Gasteiger partial charge in [-0.25, -0.2) is 0 Å². The predicted molar refractivity (Wildman–Crippen MR) is 76.5 cm³/mol. The molecule has 1 N–H and O–H groups in total. The molecule has 100 valence electrons. The number of carbonyl (C=O) groups is 1. The topological polar surface area (TPSA) is 46.5 Å². The van der Waals surface area contributed by atoms with E-state index in [1.807, 2.05) is 18.2 Å². The van der Waals surface area contributed by atoms with Crippen LogP contribution in [0.5, 0.6) is 5.75 Å². The minimum Gasteiger partial charge on any atom is -0.497 e. The summed E-state index contributed by atoms with van der Waals surface area (Å²) in [5.74, 6) is 0.353. The number of fused-ring (bicyclic) bond motifs is 1. The number of methoxy groups -OCH3 is 1. The summed E-state index contributed by atoms with van der Waals surface area (Å²) in [6.45, 7) is 0. The lowest BCUT2D eigenvalue weighted by atomic mass is 9.77. The van der Waals surface area contributed by atoms with E-state index in [1.54, 1.807) is 43.5 Å². The Bertz CT molecular complexity index is 686. The lowest BCUT2D eigenvalue weighted by molar-refractivity contribution is -0.129. The van der Waals surface area contributed by atoms with E-state index in [1.165, 1.54) is 6.08 Å². The molecule has 2 aromatic rings. The molecule has 0 aliphatic heterocycles. The highest BCUT2D eigenvalue weighted by Crippen LogP contribution is 2.37. The standard InChI is InChI=1S/C17H14O3/c1-20-14-9-7-13(8-10-14)17(19)15-5-3-2-4-12(15)6-11-16(17)18/h2-11,19H,1H3. The van der Waals surface area contributed by atoms with Gasteiger partial charge in [-0.1, -0.05) is 42.5 Å².